The fraction of sp³-hybridized carbons (Fsp3) is 0.267. The predicted molar refractivity (Wildman–Crippen MR) is 78.0 cm³/mol. The Morgan fingerprint density at radius 1 is 1.32 bits per heavy atom. The van der Waals surface area contributed by atoms with Crippen LogP contribution in [-0.4, -0.2) is 17.4 Å². The van der Waals surface area contributed by atoms with Gasteiger partial charge in [-0.25, -0.2) is 0 Å². The van der Waals surface area contributed by atoms with Crippen LogP contribution < -0.4 is 5.73 Å². The van der Waals surface area contributed by atoms with Crippen LogP contribution >= 0.6 is 11.3 Å². The Hall–Kier alpha value is -1.81. The zero-order chi connectivity index (χ0) is 13.2. The number of rotatable bonds is 2. The second kappa shape index (κ2) is 5.05. The molecule has 2 aromatic rings. The van der Waals surface area contributed by atoms with E-state index in [1.165, 1.54) is 5.56 Å². The molecule has 3 nitrogen and oxygen atoms in total. The van der Waals surface area contributed by atoms with Gasteiger partial charge in [-0.2, -0.15) is 0 Å². The molecule has 1 amide bonds. The molecule has 4 heteroatoms. The molecule has 0 saturated carbocycles. The van der Waals surface area contributed by atoms with E-state index < -0.39 is 0 Å². The lowest BCUT2D eigenvalue weighted by Crippen LogP contribution is -2.37. The number of carbonyl (C=O) groups excluding carboxylic acids is 1. The van der Waals surface area contributed by atoms with Crippen molar-refractivity contribution in [1.82, 2.24) is 4.90 Å². The van der Waals surface area contributed by atoms with Gasteiger partial charge in [0.2, 0.25) is 5.91 Å². The van der Waals surface area contributed by atoms with Gasteiger partial charge >= 0.3 is 0 Å². The van der Waals surface area contributed by atoms with Crippen molar-refractivity contribution < 1.29 is 4.79 Å². The Labute approximate surface area is 116 Å². The molecule has 98 valence electrons. The Morgan fingerprint density at radius 2 is 2.21 bits per heavy atom. The molecule has 1 aromatic carbocycles. The molecule has 0 saturated heterocycles. The summed E-state index contributed by atoms with van der Waals surface area (Å²) in [6.07, 6.45) is 1.40. The molecule has 1 aliphatic rings. The maximum Gasteiger partial charge on any atom is 0.228 e. The number of carbonyl (C=O) groups is 1. The average Bonchev–Trinajstić information content (AvgIpc) is 2.92. The number of nitrogens with two attached hydrogens (primary N) is 1. The maximum atomic E-state index is 12.3. The Kier molecular flexibility index (Phi) is 3.25. The molecule has 0 bridgehead atoms. The van der Waals surface area contributed by atoms with Crippen molar-refractivity contribution in [1.29, 1.82) is 0 Å². The van der Waals surface area contributed by atoms with Gasteiger partial charge in [0.1, 0.15) is 0 Å². The van der Waals surface area contributed by atoms with Gasteiger partial charge in [0.25, 0.3) is 0 Å². The molecule has 3 rings (SSSR count). The summed E-state index contributed by atoms with van der Waals surface area (Å²) < 4.78 is 0. The van der Waals surface area contributed by atoms with E-state index >= 15 is 0 Å². The van der Waals surface area contributed by atoms with E-state index in [1.54, 1.807) is 11.3 Å². The van der Waals surface area contributed by atoms with E-state index in [0.29, 0.717) is 13.0 Å². The number of amides is 1. The van der Waals surface area contributed by atoms with Gasteiger partial charge in [-0.05, 0) is 35.1 Å². The minimum Gasteiger partial charge on any atom is -0.398 e. The van der Waals surface area contributed by atoms with Crippen LogP contribution in [-0.2, 0) is 24.2 Å². The zero-order valence-corrected chi connectivity index (χ0v) is 11.5. The van der Waals surface area contributed by atoms with Crippen LogP contribution in [0.4, 0.5) is 5.69 Å². The number of thiophene rings is 1. The minimum atomic E-state index is 0.191. The summed E-state index contributed by atoms with van der Waals surface area (Å²) in [5.41, 5.74) is 9.20. The van der Waals surface area contributed by atoms with Crippen molar-refractivity contribution in [2.24, 2.45) is 0 Å². The topological polar surface area (TPSA) is 46.3 Å². The van der Waals surface area contributed by atoms with Crippen LogP contribution in [0, 0.1) is 0 Å². The molecule has 2 heterocycles. The van der Waals surface area contributed by atoms with E-state index in [4.69, 9.17) is 5.73 Å². The first-order valence-electron chi connectivity index (χ1n) is 6.40. The fourth-order valence-corrected chi connectivity index (χ4v) is 3.19. The molecule has 0 radical (unpaired) electrons. The van der Waals surface area contributed by atoms with Gasteiger partial charge in [-0.3, -0.25) is 4.79 Å². The third kappa shape index (κ3) is 2.49. The highest BCUT2D eigenvalue weighted by Crippen LogP contribution is 2.24. The van der Waals surface area contributed by atoms with Gasteiger partial charge in [0, 0.05) is 23.7 Å². The van der Waals surface area contributed by atoms with E-state index in [-0.39, 0.29) is 5.91 Å². The number of nitrogens with zero attached hydrogens (tertiary/aromatic N) is 1. The Bertz CT molecular complexity index is 592. The number of hydrogen-bond acceptors (Lipinski definition) is 3. The summed E-state index contributed by atoms with van der Waals surface area (Å²) in [5.74, 6) is 0.191. The summed E-state index contributed by atoms with van der Waals surface area (Å²) in [7, 11) is 0. The van der Waals surface area contributed by atoms with Crippen LogP contribution in [0.25, 0.3) is 0 Å². The van der Waals surface area contributed by atoms with Gasteiger partial charge < -0.3 is 10.6 Å². The number of fused-ring (bicyclic) bond motifs is 1. The van der Waals surface area contributed by atoms with Crippen LogP contribution in [0.1, 0.15) is 16.0 Å². The summed E-state index contributed by atoms with van der Waals surface area (Å²) in [5, 5.41) is 2.01. The van der Waals surface area contributed by atoms with Crippen molar-refractivity contribution in [3.8, 4) is 0 Å². The van der Waals surface area contributed by atoms with Crippen molar-refractivity contribution in [2.45, 2.75) is 19.4 Å². The largest absolute Gasteiger partial charge is 0.398 e. The van der Waals surface area contributed by atoms with Gasteiger partial charge in [0.15, 0.2) is 0 Å². The van der Waals surface area contributed by atoms with E-state index in [9.17, 15) is 4.79 Å². The van der Waals surface area contributed by atoms with Gasteiger partial charge in [0.05, 0.1) is 6.42 Å². The molecule has 1 aliphatic heterocycles. The predicted octanol–water partition coefficient (Wildman–Crippen LogP) is 2.46. The maximum absolute atomic E-state index is 12.3. The molecule has 2 N–H and O–H groups in total. The molecule has 1 aromatic heterocycles. The monoisotopic (exact) mass is 272 g/mol. The fourth-order valence-electron chi connectivity index (χ4n) is 2.49. The molecule has 0 atom stereocenters. The summed E-state index contributed by atoms with van der Waals surface area (Å²) >= 11 is 1.63. The minimum absolute atomic E-state index is 0.191. The van der Waals surface area contributed by atoms with Gasteiger partial charge in [-0.15, -0.1) is 11.3 Å². The smallest absolute Gasteiger partial charge is 0.228 e. The zero-order valence-electron chi connectivity index (χ0n) is 10.6. The first kappa shape index (κ1) is 12.2. The summed E-state index contributed by atoms with van der Waals surface area (Å²) in [6.45, 7) is 1.44. The highest BCUT2D eigenvalue weighted by atomic mass is 32.1. The van der Waals surface area contributed by atoms with Crippen molar-refractivity contribution in [3.05, 3.63) is 51.7 Å². The third-order valence-corrected chi connectivity index (χ3v) is 4.44. The summed E-state index contributed by atoms with van der Waals surface area (Å²) in [6, 6.07) is 9.99. The summed E-state index contributed by atoms with van der Waals surface area (Å²) in [4.78, 5) is 15.3. The van der Waals surface area contributed by atoms with Crippen molar-refractivity contribution in [2.75, 3.05) is 12.3 Å². The molecule has 0 aliphatic carbocycles. The quantitative estimate of drug-likeness (QED) is 0.854. The van der Waals surface area contributed by atoms with E-state index in [2.05, 4.69) is 6.07 Å². The number of benzene rings is 1. The molecular weight excluding hydrogens is 256 g/mol. The van der Waals surface area contributed by atoms with Crippen LogP contribution in [0.15, 0.2) is 35.7 Å². The van der Waals surface area contributed by atoms with E-state index in [1.807, 2.05) is 34.5 Å². The Balaban J connectivity index is 1.75. The lowest BCUT2D eigenvalue weighted by atomic mass is 9.98. The number of nitrogen functional groups attached to an aromatic ring is 1. The van der Waals surface area contributed by atoms with Crippen molar-refractivity contribution >= 4 is 22.9 Å². The second-order valence-corrected chi connectivity index (χ2v) is 5.84. The second-order valence-electron chi connectivity index (χ2n) is 4.81. The molecule has 0 unspecified atom stereocenters. The number of anilines is 1. The van der Waals surface area contributed by atoms with Crippen LogP contribution in [0.3, 0.4) is 0 Å². The highest BCUT2D eigenvalue weighted by molar-refractivity contribution is 7.10. The normalized spacial score (nSPS) is 14.2. The van der Waals surface area contributed by atoms with Crippen LogP contribution in [0.5, 0.6) is 0 Å². The molecule has 19 heavy (non-hydrogen) atoms. The lowest BCUT2D eigenvalue weighted by Gasteiger charge is -2.29. The first-order valence-corrected chi connectivity index (χ1v) is 7.28. The molecule has 0 spiro atoms. The standard InChI is InChI=1S/C15H16N2OS/c16-14-5-1-3-11-6-7-17(10-13(11)14)15(18)9-12-4-2-8-19-12/h1-5,8H,6-7,9-10,16H2. The molecule has 0 fully saturated rings. The van der Waals surface area contributed by atoms with E-state index in [0.717, 1.165) is 29.1 Å². The average molecular weight is 272 g/mol. The first-order chi connectivity index (χ1) is 9.24. The van der Waals surface area contributed by atoms with Crippen molar-refractivity contribution in [3.63, 3.8) is 0 Å². The van der Waals surface area contributed by atoms with Gasteiger partial charge in [-0.1, -0.05) is 18.2 Å². The molecular formula is C15H16N2OS. The number of hydrogen-bond donors (Lipinski definition) is 1. The highest BCUT2D eigenvalue weighted by Gasteiger charge is 2.22. The lowest BCUT2D eigenvalue weighted by molar-refractivity contribution is -0.131. The SMILES string of the molecule is Nc1cccc2c1CN(C(=O)Cc1cccs1)CC2. The van der Waals surface area contributed by atoms with Crippen LogP contribution in [0.2, 0.25) is 0 Å². The Morgan fingerprint density at radius 3 is 3.00 bits per heavy atom. The third-order valence-electron chi connectivity index (χ3n) is 3.57.